The first kappa shape index (κ1) is 25.3. The van der Waals surface area contributed by atoms with E-state index < -0.39 is 14.4 Å². The summed E-state index contributed by atoms with van der Waals surface area (Å²) >= 11 is 0. The van der Waals surface area contributed by atoms with Gasteiger partial charge in [-0.1, -0.05) is 66.5 Å². The highest BCUT2D eigenvalue weighted by molar-refractivity contribution is 8.76. The van der Waals surface area contributed by atoms with Crippen LogP contribution in [-0.2, 0) is 18.6 Å². The van der Waals surface area contributed by atoms with Crippen LogP contribution in [0.1, 0.15) is 64.2 Å². The van der Waals surface area contributed by atoms with E-state index in [1.54, 1.807) is 0 Å². The van der Waals surface area contributed by atoms with E-state index in [1.165, 1.54) is 44.3 Å². The molecule has 0 aromatic rings. The third-order valence-corrected chi connectivity index (χ3v) is 5.87. The fraction of sp³-hybridized carbons (Fsp3) is 0.938. The Morgan fingerprint density at radius 2 is 1.56 bits per heavy atom. The molecule has 0 aromatic heterocycles. The molecule has 0 aliphatic carbocycles. The van der Waals surface area contributed by atoms with Crippen LogP contribution >= 0.6 is 29.8 Å². The lowest BCUT2D eigenvalue weighted by molar-refractivity contribution is -0.147. The molecule has 6 nitrogen and oxygen atoms in total. The lowest BCUT2D eigenvalue weighted by Gasteiger charge is -2.10. The molecule has 0 rings (SSSR count). The summed E-state index contributed by atoms with van der Waals surface area (Å²) in [5, 5.41) is 9.38. The maximum atomic E-state index is 11.5. The molecule has 0 spiro atoms. The number of carbonyl (C=O) groups excluding carboxylic acids is 1. The summed E-state index contributed by atoms with van der Waals surface area (Å²) in [6.45, 7) is -0.512. The van der Waals surface area contributed by atoms with E-state index in [4.69, 9.17) is 9.63 Å². The number of hydrogen-bond donors (Lipinski definition) is 2. The van der Waals surface area contributed by atoms with Crippen molar-refractivity contribution >= 4 is 35.8 Å². The topological polar surface area (TPSA) is 93.1 Å². The first-order chi connectivity index (χ1) is 12.1. The number of unbranched alkanes of at least 4 members (excludes halogenated alkanes) is 8. The van der Waals surface area contributed by atoms with Gasteiger partial charge < -0.3 is 19.3 Å². The number of carbonyl (C=O) groups is 1. The summed E-state index contributed by atoms with van der Waals surface area (Å²) in [4.78, 5) is 19.9. The van der Waals surface area contributed by atoms with Gasteiger partial charge in [0.1, 0.15) is 12.7 Å². The van der Waals surface area contributed by atoms with Crippen LogP contribution in [0.2, 0.25) is 0 Å². The van der Waals surface area contributed by atoms with Crippen LogP contribution < -0.4 is 0 Å². The quantitative estimate of drug-likeness (QED) is 0.149. The Morgan fingerprint density at radius 1 is 1.00 bits per heavy atom. The molecule has 150 valence electrons. The van der Waals surface area contributed by atoms with E-state index in [1.807, 2.05) is 21.6 Å². The number of aliphatic hydroxyl groups excluding tert-OH is 1. The normalized spacial score (nSPS) is 13.6. The Hall–Kier alpha value is 0.280. The monoisotopic (exact) mass is 416 g/mol. The SMILES string of the molecule is CSSCCCCCCCCCCCC(=O)OC[C@@H](O)CO[PH](=O)O. The Morgan fingerprint density at radius 3 is 2.12 bits per heavy atom. The smallest absolute Gasteiger partial charge is 0.316 e. The average Bonchev–Trinajstić information content (AvgIpc) is 2.59. The average molecular weight is 417 g/mol. The van der Waals surface area contributed by atoms with Gasteiger partial charge in [0.25, 0.3) is 0 Å². The summed E-state index contributed by atoms with van der Waals surface area (Å²) in [6.07, 6.45) is 12.1. The highest BCUT2D eigenvalue weighted by Gasteiger charge is 2.10. The van der Waals surface area contributed by atoms with Crippen LogP contribution in [0.4, 0.5) is 0 Å². The van der Waals surface area contributed by atoms with Crippen molar-refractivity contribution in [3.8, 4) is 0 Å². The van der Waals surface area contributed by atoms with Crippen molar-refractivity contribution in [2.45, 2.75) is 70.3 Å². The van der Waals surface area contributed by atoms with Gasteiger partial charge in [-0.3, -0.25) is 9.36 Å². The minimum Gasteiger partial charge on any atom is -0.463 e. The van der Waals surface area contributed by atoms with E-state index in [2.05, 4.69) is 10.8 Å². The minimum absolute atomic E-state index is 0.205. The van der Waals surface area contributed by atoms with Crippen LogP contribution in [0.25, 0.3) is 0 Å². The van der Waals surface area contributed by atoms with Gasteiger partial charge in [0, 0.05) is 12.2 Å². The summed E-state index contributed by atoms with van der Waals surface area (Å²) in [5.41, 5.74) is 0. The van der Waals surface area contributed by atoms with Gasteiger partial charge in [0.2, 0.25) is 0 Å². The second-order valence-corrected chi connectivity index (χ2v) is 9.34. The van der Waals surface area contributed by atoms with E-state index in [0.29, 0.717) is 6.42 Å². The molecule has 0 bridgehead atoms. The second kappa shape index (κ2) is 19.1. The number of hydrogen-bond acceptors (Lipinski definition) is 7. The van der Waals surface area contributed by atoms with Crippen LogP contribution in [0.3, 0.4) is 0 Å². The van der Waals surface area contributed by atoms with E-state index in [0.717, 1.165) is 19.3 Å². The lowest BCUT2D eigenvalue weighted by Crippen LogP contribution is -2.22. The maximum Gasteiger partial charge on any atom is 0.316 e. The van der Waals surface area contributed by atoms with Crippen molar-refractivity contribution in [3.63, 3.8) is 0 Å². The van der Waals surface area contributed by atoms with Gasteiger partial charge in [0.05, 0.1) is 6.61 Å². The molecule has 25 heavy (non-hydrogen) atoms. The maximum absolute atomic E-state index is 11.5. The van der Waals surface area contributed by atoms with Crippen molar-refractivity contribution in [2.24, 2.45) is 0 Å². The lowest BCUT2D eigenvalue weighted by atomic mass is 10.1. The number of aliphatic hydroxyl groups is 1. The van der Waals surface area contributed by atoms with Gasteiger partial charge in [-0.2, -0.15) is 0 Å². The molecule has 0 amide bonds. The second-order valence-electron chi connectivity index (χ2n) is 5.83. The van der Waals surface area contributed by atoms with Crippen molar-refractivity contribution < 1.29 is 28.6 Å². The van der Waals surface area contributed by atoms with E-state index in [9.17, 15) is 14.5 Å². The largest absolute Gasteiger partial charge is 0.463 e. The molecule has 9 heteroatoms. The predicted molar refractivity (Wildman–Crippen MR) is 106 cm³/mol. The molecule has 0 saturated carbocycles. The van der Waals surface area contributed by atoms with E-state index >= 15 is 0 Å². The van der Waals surface area contributed by atoms with Gasteiger partial charge in [-0.25, -0.2) is 0 Å². The van der Waals surface area contributed by atoms with Crippen molar-refractivity contribution in [3.05, 3.63) is 0 Å². The van der Waals surface area contributed by atoms with Gasteiger partial charge in [-0.05, 0) is 19.1 Å². The highest BCUT2D eigenvalue weighted by atomic mass is 33.1. The summed E-state index contributed by atoms with van der Waals surface area (Å²) in [7, 11) is 0.716. The summed E-state index contributed by atoms with van der Waals surface area (Å²) < 4.78 is 19.6. The Labute approximate surface area is 160 Å². The van der Waals surface area contributed by atoms with Gasteiger partial charge in [-0.15, -0.1) is 0 Å². The first-order valence-corrected chi connectivity index (χ1v) is 12.9. The third kappa shape index (κ3) is 20.4. The molecule has 2 atom stereocenters. The number of ether oxygens (including phenoxy) is 1. The zero-order chi connectivity index (χ0) is 18.8. The van der Waals surface area contributed by atoms with E-state index in [-0.39, 0.29) is 19.2 Å². The van der Waals surface area contributed by atoms with Crippen LogP contribution in [0.5, 0.6) is 0 Å². The molecular weight excluding hydrogens is 383 g/mol. The Kier molecular flexibility index (Phi) is 19.3. The molecular formula is C16H33O6PS2. The fourth-order valence-electron chi connectivity index (χ4n) is 2.23. The van der Waals surface area contributed by atoms with Crippen LogP contribution in [0.15, 0.2) is 0 Å². The molecule has 0 saturated heterocycles. The fourth-order valence-corrected chi connectivity index (χ4v) is 3.91. The molecule has 0 aliphatic rings. The van der Waals surface area contributed by atoms with Crippen LogP contribution in [-0.4, -0.2) is 47.3 Å². The van der Waals surface area contributed by atoms with Gasteiger partial charge >= 0.3 is 14.2 Å². The molecule has 0 aliphatic heterocycles. The van der Waals surface area contributed by atoms with Crippen molar-refractivity contribution in [1.29, 1.82) is 0 Å². The number of esters is 1. The zero-order valence-corrected chi connectivity index (χ0v) is 17.7. The Balaban J connectivity index is 3.28. The molecule has 2 N–H and O–H groups in total. The zero-order valence-electron chi connectivity index (χ0n) is 15.1. The number of rotatable bonds is 18. The standard InChI is InChI=1S/C16H33O6PS2/c1-24-25-12-10-8-6-4-2-3-5-7-9-11-16(18)21-13-15(17)14-22-23(19)20/h15,17,23H,2-14H2,1H3,(H,19,20)/t15-/m1/s1. The van der Waals surface area contributed by atoms with Gasteiger partial charge in [0.15, 0.2) is 0 Å². The predicted octanol–water partition coefficient (Wildman–Crippen LogP) is 4.20. The first-order valence-electron chi connectivity index (χ1n) is 8.91. The molecule has 0 heterocycles. The summed E-state index contributed by atoms with van der Waals surface area (Å²) in [5.74, 6) is 0.905. The minimum atomic E-state index is -3.05. The molecule has 1 unspecified atom stereocenters. The molecule has 0 aromatic carbocycles. The van der Waals surface area contributed by atoms with Crippen LogP contribution in [0, 0.1) is 0 Å². The summed E-state index contributed by atoms with van der Waals surface area (Å²) in [6, 6.07) is 0. The van der Waals surface area contributed by atoms with Crippen molar-refractivity contribution in [1.82, 2.24) is 0 Å². The van der Waals surface area contributed by atoms with Crippen molar-refractivity contribution in [2.75, 3.05) is 25.2 Å². The Bertz CT molecular complexity index is 347. The molecule has 0 fully saturated rings. The third-order valence-electron chi connectivity index (χ3n) is 3.56. The molecule has 0 radical (unpaired) electrons. The highest BCUT2D eigenvalue weighted by Crippen LogP contribution is 2.19.